The van der Waals surface area contributed by atoms with Crippen molar-refractivity contribution >= 4 is 34.3 Å². The number of anilines is 1. The second-order valence-corrected chi connectivity index (χ2v) is 15.7. The molecule has 4 heterocycles. The molecule has 292 valence electrons. The number of benzene rings is 4. The summed E-state index contributed by atoms with van der Waals surface area (Å²) in [6, 6.07) is 34.5. The molecule has 2 fully saturated rings. The van der Waals surface area contributed by atoms with E-state index in [9.17, 15) is 14.4 Å². The van der Waals surface area contributed by atoms with Gasteiger partial charge in [0.25, 0.3) is 0 Å². The maximum Gasteiger partial charge on any atom is 0.247 e. The van der Waals surface area contributed by atoms with Crippen molar-refractivity contribution in [3.05, 3.63) is 132 Å². The summed E-state index contributed by atoms with van der Waals surface area (Å²) in [7, 11) is 7.69. The van der Waals surface area contributed by atoms with Gasteiger partial charge in [-0.15, -0.1) is 0 Å². The third-order valence-corrected chi connectivity index (χ3v) is 11.4. The summed E-state index contributed by atoms with van der Waals surface area (Å²) in [5, 5.41) is 4.07. The number of nitrogens with one attached hydrogen (secondary N) is 3. The first-order valence-electron chi connectivity index (χ1n) is 19.8. The molecule has 8 rings (SSSR count). The van der Waals surface area contributed by atoms with Crippen LogP contribution in [-0.2, 0) is 14.4 Å². The van der Waals surface area contributed by atoms with Crippen molar-refractivity contribution in [1.82, 2.24) is 34.6 Å². The van der Waals surface area contributed by atoms with E-state index in [0.717, 1.165) is 69.6 Å². The Morgan fingerprint density at radius 1 is 0.684 bits per heavy atom. The largest absolute Gasteiger partial charge is 0.355 e. The summed E-state index contributed by atoms with van der Waals surface area (Å²) in [6.07, 6.45) is 5.06. The monoisotopic (exact) mass is 762 g/mol. The smallest absolute Gasteiger partial charge is 0.247 e. The Bertz CT molecular complexity index is 2350. The van der Waals surface area contributed by atoms with Gasteiger partial charge >= 0.3 is 0 Å². The maximum absolute atomic E-state index is 13.9. The van der Waals surface area contributed by atoms with Crippen LogP contribution >= 0.6 is 0 Å². The molecule has 0 aliphatic carbocycles. The van der Waals surface area contributed by atoms with Gasteiger partial charge in [-0.2, -0.15) is 0 Å². The lowest BCUT2D eigenvalue weighted by atomic mass is 10.0. The van der Waals surface area contributed by atoms with E-state index in [0.29, 0.717) is 25.2 Å². The topological polar surface area (TPSA) is 121 Å². The minimum absolute atomic E-state index is 0.0571. The first kappa shape index (κ1) is 37.9. The van der Waals surface area contributed by atoms with Crippen LogP contribution in [0.3, 0.4) is 0 Å². The van der Waals surface area contributed by atoms with Gasteiger partial charge in [0.2, 0.25) is 17.7 Å². The molecule has 2 saturated heterocycles. The summed E-state index contributed by atoms with van der Waals surface area (Å²) < 4.78 is 0. The van der Waals surface area contributed by atoms with Gasteiger partial charge in [0.15, 0.2) is 0 Å². The normalized spacial score (nSPS) is 18.1. The lowest BCUT2D eigenvalue weighted by Crippen LogP contribution is -2.47. The Morgan fingerprint density at radius 2 is 1.26 bits per heavy atom. The summed E-state index contributed by atoms with van der Waals surface area (Å²) in [4.78, 5) is 60.8. The van der Waals surface area contributed by atoms with Crippen LogP contribution < -0.4 is 5.32 Å². The van der Waals surface area contributed by atoms with Gasteiger partial charge in [-0.1, -0.05) is 84.9 Å². The van der Waals surface area contributed by atoms with Crippen LogP contribution in [0.1, 0.15) is 60.8 Å². The van der Waals surface area contributed by atoms with E-state index in [4.69, 9.17) is 4.98 Å². The van der Waals surface area contributed by atoms with E-state index in [1.807, 2.05) is 128 Å². The predicted molar refractivity (Wildman–Crippen MR) is 224 cm³/mol. The zero-order valence-corrected chi connectivity index (χ0v) is 33.0. The quantitative estimate of drug-likeness (QED) is 0.126. The molecule has 0 bridgehead atoms. The third kappa shape index (κ3) is 7.73. The molecule has 2 aromatic heterocycles. The number of rotatable bonds is 11. The van der Waals surface area contributed by atoms with Gasteiger partial charge in [-0.3, -0.25) is 24.2 Å². The molecule has 11 nitrogen and oxygen atoms in total. The molecular formula is C46H50N8O3. The molecule has 4 aromatic carbocycles. The van der Waals surface area contributed by atoms with Crippen molar-refractivity contribution in [1.29, 1.82) is 0 Å². The zero-order valence-electron chi connectivity index (χ0n) is 33.0. The Labute approximate surface area is 333 Å². The van der Waals surface area contributed by atoms with Crippen molar-refractivity contribution in [2.45, 2.75) is 49.9 Å². The second-order valence-electron chi connectivity index (χ2n) is 15.7. The molecule has 57 heavy (non-hydrogen) atoms. The Balaban J connectivity index is 0.935. The number of imidazole rings is 1. The molecule has 2 aliphatic heterocycles. The fourth-order valence-electron chi connectivity index (χ4n) is 8.60. The number of likely N-dealkylation sites (N-methyl/N-ethyl adjacent to an activating group) is 2. The molecule has 3 amide bonds. The van der Waals surface area contributed by atoms with Crippen LogP contribution in [0.5, 0.6) is 0 Å². The summed E-state index contributed by atoms with van der Waals surface area (Å²) >= 11 is 0. The maximum atomic E-state index is 13.9. The number of hydrogen-bond acceptors (Lipinski definition) is 6. The number of fused-ring (bicyclic) bond motifs is 1. The van der Waals surface area contributed by atoms with Gasteiger partial charge in [0.1, 0.15) is 23.9 Å². The van der Waals surface area contributed by atoms with E-state index >= 15 is 0 Å². The van der Waals surface area contributed by atoms with Crippen LogP contribution in [0.15, 0.2) is 115 Å². The van der Waals surface area contributed by atoms with E-state index in [2.05, 4.69) is 45.6 Å². The average Bonchev–Trinajstić information content (AvgIpc) is 4.05. The fraction of sp³-hybridized carbons (Fsp3) is 0.304. The van der Waals surface area contributed by atoms with Crippen LogP contribution in [0.2, 0.25) is 0 Å². The van der Waals surface area contributed by atoms with Crippen LogP contribution in [0, 0.1) is 0 Å². The van der Waals surface area contributed by atoms with Gasteiger partial charge in [0, 0.05) is 35.4 Å². The highest BCUT2D eigenvalue weighted by Crippen LogP contribution is 2.36. The lowest BCUT2D eigenvalue weighted by Gasteiger charge is -2.31. The summed E-state index contributed by atoms with van der Waals surface area (Å²) in [5.41, 5.74) is 7.44. The highest BCUT2D eigenvalue weighted by Gasteiger charge is 2.39. The van der Waals surface area contributed by atoms with Crippen molar-refractivity contribution in [2.24, 2.45) is 0 Å². The van der Waals surface area contributed by atoms with Gasteiger partial charge in [0.05, 0.1) is 17.9 Å². The number of carbonyl (C=O) groups is 3. The number of aromatic nitrogens is 3. The minimum Gasteiger partial charge on any atom is -0.355 e. The SMILES string of the molecule is CN(C)[C@@H](C(=O)N1CCC[C@H]1C(=O)Nc1ccc2[nH]c(-c3ccc(-c4cnc([C@@H]5CCCN5C(=O)[C@@H](c5ccccc5)N(C)C)[nH]4)cc3)cc2c1)c1ccccc1. The molecule has 0 unspecified atom stereocenters. The minimum atomic E-state index is -0.528. The summed E-state index contributed by atoms with van der Waals surface area (Å²) in [6.45, 7) is 1.26. The number of hydrogen-bond donors (Lipinski definition) is 3. The standard InChI is InChI=1S/C46H50N8O3/c1-51(2)41(32-13-7-5-8-14-32)45(56)53-25-11-17-39(53)43-47-29-38(50-43)31-21-19-30(20-22-31)37-28-34-27-35(23-24-36(34)49-37)48-44(55)40-18-12-26-54(40)46(57)42(52(3)4)33-15-9-6-10-16-33/h5-10,13-16,19-24,27-29,39-42,49H,11-12,17-18,25-26H2,1-4H3,(H,47,50)(H,48,55)/t39-,40-,41+,42+/m0/s1. The molecule has 6 aromatic rings. The first-order chi connectivity index (χ1) is 27.7. The number of carbonyl (C=O) groups excluding carboxylic acids is 3. The number of amides is 3. The number of H-pyrrole nitrogens is 2. The van der Waals surface area contributed by atoms with Crippen molar-refractivity contribution in [3.8, 4) is 22.5 Å². The fourth-order valence-corrected chi connectivity index (χ4v) is 8.60. The number of nitrogens with zero attached hydrogens (tertiary/aromatic N) is 5. The molecule has 4 atom stereocenters. The molecule has 0 radical (unpaired) electrons. The van der Waals surface area contributed by atoms with Crippen LogP contribution in [0.25, 0.3) is 33.4 Å². The lowest BCUT2D eigenvalue weighted by molar-refractivity contribution is -0.140. The Kier molecular flexibility index (Phi) is 10.8. The average molecular weight is 763 g/mol. The van der Waals surface area contributed by atoms with E-state index in [1.54, 1.807) is 4.90 Å². The zero-order chi connectivity index (χ0) is 39.6. The van der Waals surface area contributed by atoms with Gasteiger partial charge in [-0.25, -0.2) is 4.98 Å². The van der Waals surface area contributed by atoms with Gasteiger partial charge in [-0.05, 0) is 100 Å². The van der Waals surface area contributed by atoms with Crippen molar-refractivity contribution in [3.63, 3.8) is 0 Å². The van der Waals surface area contributed by atoms with E-state index < -0.39 is 12.1 Å². The molecule has 2 aliphatic rings. The Hall–Kier alpha value is -6.04. The van der Waals surface area contributed by atoms with E-state index in [-0.39, 0.29) is 29.8 Å². The van der Waals surface area contributed by atoms with E-state index in [1.165, 1.54) is 0 Å². The van der Waals surface area contributed by atoms with Crippen LogP contribution in [0.4, 0.5) is 5.69 Å². The number of aromatic amines is 2. The molecular weight excluding hydrogens is 713 g/mol. The third-order valence-electron chi connectivity index (χ3n) is 11.4. The molecule has 0 spiro atoms. The number of likely N-dealkylation sites (tertiary alicyclic amines) is 2. The van der Waals surface area contributed by atoms with Crippen molar-refractivity contribution in [2.75, 3.05) is 46.6 Å². The molecule has 11 heteroatoms. The predicted octanol–water partition coefficient (Wildman–Crippen LogP) is 7.42. The molecule has 3 N–H and O–H groups in total. The van der Waals surface area contributed by atoms with Gasteiger partial charge < -0.3 is 25.1 Å². The molecule has 0 saturated carbocycles. The second kappa shape index (κ2) is 16.2. The Morgan fingerprint density at radius 3 is 1.89 bits per heavy atom. The summed E-state index contributed by atoms with van der Waals surface area (Å²) in [5.74, 6) is 0.671. The highest BCUT2D eigenvalue weighted by molar-refractivity contribution is 6.00. The highest BCUT2D eigenvalue weighted by atomic mass is 16.2. The van der Waals surface area contributed by atoms with Crippen LogP contribution in [-0.4, -0.2) is 99.6 Å². The first-order valence-corrected chi connectivity index (χ1v) is 19.8. The van der Waals surface area contributed by atoms with Crippen molar-refractivity contribution < 1.29 is 14.4 Å².